The second-order valence-corrected chi connectivity index (χ2v) is 9.91. The normalized spacial score (nSPS) is 15.0. The van der Waals surface area contributed by atoms with Gasteiger partial charge in [0.15, 0.2) is 6.29 Å². The summed E-state index contributed by atoms with van der Waals surface area (Å²) in [4.78, 5) is 27.9. The highest BCUT2D eigenvalue weighted by molar-refractivity contribution is 7.98. The Labute approximate surface area is 217 Å². The van der Waals surface area contributed by atoms with Gasteiger partial charge in [-0.3, -0.25) is 9.59 Å². The Morgan fingerprint density at radius 1 is 1.23 bits per heavy atom. The lowest BCUT2D eigenvalue weighted by Crippen LogP contribution is -2.39. The molecule has 8 heteroatoms. The number of benzene rings is 2. The number of aryl methyl sites for hydroxylation is 1. The van der Waals surface area contributed by atoms with E-state index >= 15 is 0 Å². The molecule has 0 unspecified atom stereocenters. The van der Waals surface area contributed by atoms with Crippen molar-refractivity contribution in [2.75, 3.05) is 39.5 Å². The van der Waals surface area contributed by atoms with Crippen LogP contribution in [0, 0.1) is 6.92 Å². The molecule has 35 heavy (non-hydrogen) atoms. The van der Waals surface area contributed by atoms with Crippen LogP contribution < -0.4 is 15.4 Å². The summed E-state index contributed by atoms with van der Waals surface area (Å²) >= 11 is 7.60. The summed E-state index contributed by atoms with van der Waals surface area (Å²) in [6, 6.07) is 11.3. The molecule has 1 amide bonds. The molecule has 0 radical (unpaired) electrons. The van der Waals surface area contributed by atoms with Gasteiger partial charge in [0.05, 0.1) is 5.57 Å². The van der Waals surface area contributed by atoms with Gasteiger partial charge in [0.25, 0.3) is 5.91 Å². The number of hydrogen-bond acceptors (Lipinski definition) is 6. The minimum absolute atomic E-state index is 0.190. The predicted molar refractivity (Wildman–Crippen MR) is 145 cm³/mol. The summed E-state index contributed by atoms with van der Waals surface area (Å²) in [6.07, 6.45) is 7.42. The Morgan fingerprint density at radius 2 is 2.00 bits per heavy atom. The third-order valence-electron chi connectivity index (χ3n) is 6.11. The van der Waals surface area contributed by atoms with Crippen molar-refractivity contribution in [3.63, 3.8) is 0 Å². The van der Waals surface area contributed by atoms with Crippen LogP contribution in [0.4, 0.5) is 0 Å². The molecule has 188 valence electrons. The summed E-state index contributed by atoms with van der Waals surface area (Å²) in [5.41, 5.74) is 2.65. The predicted octanol–water partition coefficient (Wildman–Crippen LogP) is 4.79. The topological polar surface area (TPSA) is 70.7 Å². The molecule has 2 aromatic carbocycles. The minimum Gasteiger partial charge on any atom is -0.490 e. The van der Waals surface area contributed by atoms with Crippen molar-refractivity contribution in [3.8, 4) is 5.75 Å². The molecule has 1 fully saturated rings. The first-order valence-corrected chi connectivity index (χ1v) is 13.5. The van der Waals surface area contributed by atoms with Crippen molar-refractivity contribution in [3.05, 3.63) is 64.3 Å². The lowest BCUT2D eigenvalue weighted by atomic mass is 10.0. The summed E-state index contributed by atoms with van der Waals surface area (Å²) in [5.74, 6) is 0.714. The van der Waals surface area contributed by atoms with E-state index in [-0.39, 0.29) is 12.0 Å². The van der Waals surface area contributed by atoms with Gasteiger partial charge in [-0.1, -0.05) is 17.7 Å². The molecule has 0 atom stereocenters. The van der Waals surface area contributed by atoms with Crippen LogP contribution in [-0.2, 0) is 4.79 Å². The molecular formula is C27H34ClN3O3S. The average molecular weight is 516 g/mol. The first-order chi connectivity index (χ1) is 16.9. The molecule has 1 aliphatic heterocycles. The number of likely N-dealkylation sites (tertiary alicyclic amines) is 1. The highest BCUT2D eigenvalue weighted by Crippen LogP contribution is 2.26. The van der Waals surface area contributed by atoms with Gasteiger partial charge < -0.3 is 20.3 Å². The van der Waals surface area contributed by atoms with E-state index in [2.05, 4.69) is 15.5 Å². The summed E-state index contributed by atoms with van der Waals surface area (Å²) in [7, 11) is 1.74. The largest absolute Gasteiger partial charge is 0.490 e. The van der Waals surface area contributed by atoms with Crippen LogP contribution in [0.15, 0.2) is 47.5 Å². The van der Waals surface area contributed by atoms with E-state index in [0.29, 0.717) is 23.2 Å². The monoisotopic (exact) mass is 515 g/mol. The number of ether oxygens (including phenoxy) is 1. The van der Waals surface area contributed by atoms with Crippen molar-refractivity contribution in [2.45, 2.75) is 37.2 Å². The van der Waals surface area contributed by atoms with Gasteiger partial charge >= 0.3 is 0 Å². The molecule has 2 N–H and O–H groups in total. The first kappa shape index (κ1) is 27.1. The van der Waals surface area contributed by atoms with Gasteiger partial charge in [0.1, 0.15) is 11.9 Å². The smallest absolute Gasteiger partial charge is 0.253 e. The van der Waals surface area contributed by atoms with Gasteiger partial charge in [-0.15, -0.1) is 11.8 Å². The summed E-state index contributed by atoms with van der Waals surface area (Å²) < 4.78 is 6.19. The second kappa shape index (κ2) is 13.6. The molecular weight excluding hydrogens is 482 g/mol. The van der Waals surface area contributed by atoms with E-state index in [9.17, 15) is 9.59 Å². The van der Waals surface area contributed by atoms with E-state index in [1.807, 2.05) is 49.6 Å². The first-order valence-electron chi connectivity index (χ1n) is 11.9. The molecule has 2 aromatic rings. The van der Waals surface area contributed by atoms with E-state index in [0.717, 1.165) is 66.4 Å². The third-order valence-corrected chi connectivity index (χ3v) is 7.07. The zero-order valence-corrected chi connectivity index (χ0v) is 22.2. The maximum atomic E-state index is 12.9. The van der Waals surface area contributed by atoms with Crippen molar-refractivity contribution >= 4 is 41.1 Å². The number of rotatable bonds is 11. The lowest BCUT2D eigenvalue weighted by molar-refractivity contribution is -0.115. The van der Waals surface area contributed by atoms with E-state index in [1.165, 1.54) is 0 Å². The number of halogens is 1. The molecule has 1 aliphatic rings. The number of hydrogen-bond donors (Lipinski definition) is 2. The van der Waals surface area contributed by atoms with E-state index in [1.54, 1.807) is 25.0 Å². The maximum Gasteiger partial charge on any atom is 0.253 e. The fourth-order valence-electron chi connectivity index (χ4n) is 4.20. The number of nitrogens with one attached hydrogen (secondary N) is 2. The number of piperidine rings is 1. The fraction of sp³-hybridized carbons (Fsp3) is 0.407. The number of nitrogens with zero attached hydrogens (tertiary/aromatic N) is 1. The fourth-order valence-corrected chi connectivity index (χ4v) is 4.87. The number of amides is 1. The zero-order chi connectivity index (χ0) is 25.2. The minimum atomic E-state index is -0.190. The highest BCUT2D eigenvalue weighted by atomic mass is 35.5. The molecule has 0 aromatic heterocycles. The average Bonchev–Trinajstić information content (AvgIpc) is 2.87. The summed E-state index contributed by atoms with van der Waals surface area (Å²) in [5, 5.41) is 6.66. The molecule has 1 saturated heterocycles. The van der Waals surface area contributed by atoms with Crippen molar-refractivity contribution in [2.24, 2.45) is 0 Å². The molecule has 6 nitrogen and oxygen atoms in total. The van der Waals surface area contributed by atoms with Crippen molar-refractivity contribution < 1.29 is 14.3 Å². The zero-order valence-electron chi connectivity index (χ0n) is 20.6. The highest BCUT2D eigenvalue weighted by Gasteiger charge is 2.21. The molecule has 0 saturated carbocycles. The van der Waals surface area contributed by atoms with E-state index in [4.69, 9.17) is 16.3 Å². The SMILES string of the molecule is CN/C=C(/C(=O)NCCCN1CCC(Oc2ccc(Cl)cc2C)CC1)c1ccc(SC)cc1C=O. The van der Waals surface area contributed by atoms with Gasteiger partial charge in [0, 0.05) is 48.4 Å². The van der Waals surface area contributed by atoms with Gasteiger partial charge in [0.2, 0.25) is 0 Å². The maximum absolute atomic E-state index is 12.9. The van der Waals surface area contributed by atoms with Crippen LogP contribution in [0.2, 0.25) is 5.02 Å². The van der Waals surface area contributed by atoms with Crippen LogP contribution in [0.3, 0.4) is 0 Å². The van der Waals surface area contributed by atoms with Crippen LogP contribution in [-0.4, -0.2) is 62.7 Å². The second-order valence-electron chi connectivity index (χ2n) is 8.60. The van der Waals surface area contributed by atoms with Crippen LogP contribution >= 0.6 is 23.4 Å². The number of thioether (sulfide) groups is 1. The van der Waals surface area contributed by atoms with Crippen molar-refractivity contribution in [1.82, 2.24) is 15.5 Å². The van der Waals surface area contributed by atoms with Crippen LogP contribution in [0.25, 0.3) is 5.57 Å². The lowest BCUT2D eigenvalue weighted by Gasteiger charge is -2.32. The van der Waals surface area contributed by atoms with Crippen LogP contribution in [0.5, 0.6) is 5.75 Å². The Bertz CT molecular complexity index is 1050. The molecule has 1 heterocycles. The molecule has 0 aliphatic carbocycles. The number of aldehydes is 1. The number of carbonyl (C=O) groups is 2. The summed E-state index contributed by atoms with van der Waals surface area (Å²) in [6.45, 7) is 5.45. The van der Waals surface area contributed by atoms with Gasteiger partial charge in [-0.2, -0.15) is 0 Å². The quantitative estimate of drug-likeness (QED) is 0.194. The number of carbonyl (C=O) groups excluding carboxylic acids is 2. The third kappa shape index (κ3) is 7.75. The van der Waals surface area contributed by atoms with Gasteiger partial charge in [-0.05, 0) is 80.4 Å². The van der Waals surface area contributed by atoms with Crippen molar-refractivity contribution in [1.29, 1.82) is 0 Å². The Morgan fingerprint density at radius 3 is 2.66 bits per heavy atom. The standard InChI is InChI=1S/C27H34ClN3O3S/c1-19-15-21(28)5-8-26(19)34-22-9-13-31(14-10-22)12-4-11-30-27(33)25(17-29-2)24-7-6-23(35-3)16-20(24)18-32/h5-8,15-18,22,29H,4,9-14H2,1-3H3,(H,30,33)/b25-17+. The van der Waals surface area contributed by atoms with Gasteiger partial charge in [-0.25, -0.2) is 0 Å². The van der Waals surface area contributed by atoms with Crippen LogP contribution in [0.1, 0.15) is 40.7 Å². The Kier molecular flexibility index (Phi) is 10.5. The van der Waals surface area contributed by atoms with E-state index < -0.39 is 0 Å². The molecule has 0 spiro atoms. The Hall–Kier alpha value is -2.48. The molecule has 3 rings (SSSR count). The molecule has 0 bridgehead atoms. The Balaban J connectivity index is 1.44.